The fourth-order valence-corrected chi connectivity index (χ4v) is 2.44. The first-order valence-electron chi connectivity index (χ1n) is 6.38. The van der Waals surface area contributed by atoms with E-state index in [2.05, 4.69) is 40.0 Å². The van der Waals surface area contributed by atoms with Gasteiger partial charge in [-0.3, -0.25) is 4.79 Å². The normalized spacial score (nSPS) is 20.0. The Morgan fingerprint density at radius 3 is 3.06 bits per heavy atom. The monoisotopic (exact) mass is 243 g/mol. The van der Waals surface area contributed by atoms with Crippen LogP contribution < -0.4 is 10.6 Å². The molecule has 3 N–H and O–H groups in total. The number of benzene rings is 1. The molecule has 1 amide bonds. The minimum Gasteiger partial charge on any atom is -0.361 e. The van der Waals surface area contributed by atoms with Crippen molar-refractivity contribution in [2.24, 2.45) is 0 Å². The molecule has 2 heterocycles. The average Bonchev–Trinajstić information content (AvgIpc) is 2.82. The predicted octanol–water partition coefficient (Wildman–Crippen LogP) is 1.54. The van der Waals surface area contributed by atoms with E-state index in [1.165, 1.54) is 16.5 Å². The number of nitrogens with one attached hydrogen (secondary N) is 3. The first-order valence-corrected chi connectivity index (χ1v) is 6.38. The van der Waals surface area contributed by atoms with Gasteiger partial charge in [0, 0.05) is 42.7 Å². The van der Waals surface area contributed by atoms with Gasteiger partial charge in [0.05, 0.1) is 0 Å². The third kappa shape index (κ3) is 2.24. The van der Waals surface area contributed by atoms with E-state index in [4.69, 9.17) is 0 Å². The highest BCUT2D eigenvalue weighted by Crippen LogP contribution is 2.17. The van der Waals surface area contributed by atoms with Gasteiger partial charge >= 0.3 is 0 Å². The third-order valence-electron chi connectivity index (χ3n) is 3.52. The zero-order chi connectivity index (χ0) is 12.4. The van der Waals surface area contributed by atoms with E-state index in [9.17, 15) is 4.79 Å². The standard InChI is InChI=1S/C14H17N3O/c18-14-6-5-11(9-17-14)15-7-10-8-16-13-4-2-1-3-12(10)13/h1-4,8,11,15-16H,5-7,9H2,(H,17,18). The van der Waals surface area contributed by atoms with Gasteiger partial charge < -0.3 is 15.6 Å². The topological polar surface area (TPSA) is 56.9 Å². The van der Waals surface area contributed by atoms with Crippen LogP contribution in [0.1, 0.15) is 18.4 Å². The second kappa shape index (κ2) is 4.82. The van der Waals surface area contributed by atoms with Crippen LogP contribution in [0.15, 0.2) is 30.5 Å². The van der Waals surface area contributed by atoms with Crippen LogP contribution in [-0.4, -0.2) is 23.5 Å². The highest BCUT2D eigenvalue weighted by Gasteiger charge is 2.17. The molecule has 1 aromatic heterocycles. The van der Waals surface area contributed by atoms with Gasteiger partial charge in [0.25, 0.3) is 0 Å². The van der Waals surface area contributed by atoms with Crippen LogP contribution in [0.25, 0.3) is 10.9 Å². The van der Waals surface area contributed by atoms with Crippen LogP contribution in [0.2, 0.25) is 0 Å². The van der Waals surface area contributed by atoms with Crippen LogP contribution in [0, 0.1) is 0 Å². The van der Waals surface area contributed by atoms with Gasteiger partial charge in [-0.25, -0.2) is 0 Å². The number of fused-ring (bicyclic) bond motifs is 1. The maximum absolute atomic E-state index is 11.1. The first-order chi connectivity index (χ1) is 8.83. The van der Waals surface area contributed by atoms with E-state index < -0.39 is 0 Å². The van der Waals surface area contributed by atoms with E-state index in [0.717, 1.165) is 19.5 Å². The van der Waals surface area contributed by atoms with Crippen LogP contribution >= 0.6 is 0 Å². The van der Waals surface area contributed by atoms with Gasteiger partial charge in [-0.1, -0.05) is 18.2 Å². The lowest BCUT2D eigenvalue weighted by Crippen LogP contribution is -2.45. The molecule has 1 unspecified atom stereocenters. The van der Waals surface area contributed by atoms with Crippen LogP contribution in [0.3, 0.4) is 0 Å². The molecule has 4 heteroatoms. The number of aromatic amines is 1. The summed E-state index contributed by atoms with van der Waals surface area (Å²) in [7, 11) is 0. The van der Waals surface area contributed by atoms with E-state index in [1.807, 2.05) is 6.07 Å². The molecule has 1 saturated heterocycles. The van der Waals surface area contributed by atoms with Gasteiger partial charge in [-0.15, -0.1) is 0 Å². The Balaban J connectivity index is 1.64. The second-order valence-electron chi connectivity index (χ2n) is 4.78. The van der Waals surface area contributed by atoms with Crippen LogP contribution in [0.4, 0.5) is 0 Å². The summed E-state index contributed by atoms with van der Waals surface area (Å²) in [6, 6.07) is 8.69. The number of carbonyl (C=O) groups excluding carboxylic acids is 1. The van der Waals surface area contributed by atoms with Crippen molar-refractivity contribution in [2.75, 3.05) is 6.54 Å². The van der Waals surface area contributed by atoms with Gasteiger partial charge in [0.2, 0.25) is 5.91 Å². The van der Waals surface area contributed by atoms with Gasteiger partial charge in [-0.2, -0.15) is 0 Å². The molecule has 1 fully saturated rings. The molecule has 1 atom stereocenters. The molecule has 1 aliphatic heterocycles. The third-order valence-corrected chi connectivity index (χ3v) is 3.52. The second-order valence-corrected chi connectivity index (χ2v) is 4.78. The molecule has 4 nitrogen and oxygen atoms in total. The molecule has 94 valence electrons. The highest BCUT2D eigenvalue weighted by molar-refractivity contribution is 5.83. The van der Waals surface area contributed by atoms with Crippen LogP contribution in [-0.2, 0) is 11.3 Å². The fraction of sp³-hybridized carbons (Fsp3) is 0.357. The average molecular weight is 243 g/mol. The predicted molar refractivity (Wildman–Crippen MR) is 71.2 cm³/mol. The first kappa shape index (κ1) is 11.3. The SMILES string of the molecule is O=C1CCC(NCc2c[nH]c3ccccc23)CN1. The van der Waals surface area contributed by atoms with Gasteiger partial charge in [-0.05, 0) is 18.1 Å². The zero-order valence-electron chi connectivity index (χ0n) is 10.2. The number of hydrogen-bond acceptors (Lipinski definition) is 2. The summed E-state index contributed by atoms with van der Waals surface area (Å²) in [6.07, 6.45) is 3.61. The number of carbonyl (C=O) groups is 1. The minimum absolute atomic E-state index is 0.167. The lowest BCUT2D eigenvalue weighted by Gasteiger charge is -2.23. The van der Waals surface area contributed by atoms with E-state index in [-0.39, 0.29) is 5.91 Å². The molecular formula is C14H17N3O. The Morgan fingerprint density at radius 1 is 1.33 bits per heavy atom. The lowest BCUT2D eigenvalue weighted by atomic mass is 10.1. The Kier molecular flexibility index (Phi) is 3.02. The molecule has 0 saturated carbocycles. The number of hydrogen-bond donors (Lipinski definition) is 3. The summed E-state index contributed by atoms with van der Waals surface area (Å²) >= 11 is 0. The Bertz CT molecular complexity index is 551. The fourth-order valence-electron chi connectivity index (χ4n) is 2.44. The molecule has 2 aromatic rings. The van der Waals surface area contributed by atoms with E-state index in [1.54, 1.807) is 0 Å². The molecule has 0 radical (unpaired) electrons. The number of amides is 1. The Hall–Kier alpha value is -1.81. The summed E-state index contributed by atoms with van der Waals surface area (Å²) < 4.78 is 0. The zero-order valence-corrected chi connectivity index (χ0v) is 10.2. The summed E-state index contributed by atoms with van der Waals surface area (Å²) in [5.74, 6) is 0.167. The van der Waals surface area contributed by atoms with Crippen molar-refractivity contribution in [3.63, 3.8) is 0 Å². The number of H-pyrrole nitrogens is 1. The highest BCUT2D eigenvalue weighted by atomic mass is 16.1. The van der Waals surface area contributed by atoms with Crippen LogP contribution in [0.5, 0.6) is 0 Å². The van der Waals surface area contributed by atoms with Crippen molar-refractivity contribution in [3.05, 3.63) is 36.0 Å². The summed E-state index contributed by atoms with van der Waals surface area (Å²) in [5, 5.41) is 7.66. The summed E-state index contributed by atoms with van der Waals surface area (Å²) in [5.41, 5.74) is 2.45. The number of rotatable bonds is 3. The number of piperidine rings is 1. The molecule has 1 aromatic carbocycles. The van der Waals surface area contributed by atoms with Gasteiger partial charge in [0.15, 0.2) is 0 Å². The maximum atomic E-state index is 11.1. The Labute approximate surface area is 106 Å². The summed E-state index contributed by atoms with van der Waals surface area (Å²) in [6.45, 7) is 1.58. The quantitative estimate of drug-likeness (QED) is 0.766. The molecule has 1 aliphatic rings. The molecule has 18 heavy (non-hydrogen) atoms. The molecular weight excluding hydrogens is 226 g/mol. The number of para-hydroxylation sites is 1. The lowest BCUT2D eigenvalue weighted by molar-refractivity contribution is -0.122. The Morgan fingerprint density at radius 2 is 2.22 bits per heavy atom. The van der Waals surface area contributed by atoms with Crippen molar-refractivity contribution >= 4 is 16.8 Å². The molecule has 0 spiro atoms. The van der Waals surface area contributed by atoms with Gasteiger partial charge in [0.1, 0.15) is 0 Å². The molecule has 0 aliphatic carbocycles. The molecule has 0 bridgehead atoms. The van der Waals surface area contributed by atoms with Crippen molar-refractivity contribution in [1.29, 1.82) is 0 Å². The molecule has 3 rings (SSSR count). The van der Waals surface area contributed by atoms with Crippen molar-refractivity contribution in [1.82, 2.24) is 15.6 Å². The van der Waals surface area contributed by atoms with E-state index in [0.29, 0.717) is 12.5 Å². The van der Waals surface area contributed by atoms with Crippen molar-refractivity contribution < 1.29 is 4.79 Å². The largest absolute Gasteiger partial charge is 0.361 e. The number of aromatic nitrogens is 1. The van der Waals surface area contributed by atoms with E-state index >= 15 is 0 Å². The minimum atomic E-state index is 0.167. The maximum Gasteiger partial charge on any atom is 0.220 e. The van der Waals surface area contributed by atoms with Crippen molar-refractivity contribution in [3.8, 4) is 0 Å². The summed E-state index contributed by atoms with van der Waals surface area (Å²) in [4.78, 5) is 14.3. The van der Waals surface area contributed by atoms with Crippen molar-refractivity contribution in [2.45, 2.75) is 25.4 Å². The smallest absolute Gasteiger partial charge is 0.220 e.